The second-order valence-electron chi connectivity index (χ2n) is 6.82. The quantitative estimate of drug-likeness (QED) is 0.713. The molecule has 1 heterocycles. The van der Waals surface area contributed by atoms with Crippen LogP contribution in [-0.4, -0.2) is 29.9 Å². The molecule has 1 aromatic heterocycles. The zero-order chi connectivity index (χ0) is 16.4. The molecule has 2 rings (SSSR count). The van der Waals surface area contributed by atoms with Crippen LogP contribution in [0.2, 0.25) is 0 Å². The minimum atomic E-state index is 0.536. The van der Waals surface area contributed by atoms with Gasteiger partial charge in [0.15, 0.2) is 7.05 Å². The number of pyridine rings is 1. The van der Waals surface area contributed by atoms with Gasteiger partial charge in [-0.25, -0.2) is 4.98 Å². The maximum absolute atomic E-state index is 11.5. The first-order valence-electron chi connectivity index (χ1n) is 8.12. The molecule has 0 aliphatic heterocycles. The number of anilines is 1. The monoisotopic (exact) mass is 368 g/mol. The van der Waals surface area contributed by atoms with Crippen LogP contribution in [0.1, 0.15) is 45.2 Å². The standard InChI is InChI=1S/C17H27BrN3O/c1-11(2)13-6-8-14(9-7-13)20(4)17-15(18)10-16(21(5)22)12(3)19-17/h10-11,13-14H,6-9H2,1-5H3/q+1. The fourth-order valence-electron chi connectivity index (χ4n) is 3.45. The van der Waals surface area contributed by atoms with Gasteiger partial charge >= 0.3 is 0 Å². The number of rotatable bonds is 4. The van der Waals surface area contributed by atoms with Crippen LogP contribution in [0.4, 0.5) is 11.5 Å². The first-order chi connectivity index (χ1) is 10.3. The summed E-state index contributed by atoms with van der Waals surface area (Å²) < 4.78 is 1.76. The summed E-state index contributed by atoms with van der Waals surface area (Å²) in [5.41, 5.74) is 1.39. The van der Waals surface area contributed by atoms with Crippen molar-refractivity contribution in [3.63, 3.8) is 0 Å². The van der Waals surface area contributed by atoms with E-state index in [4.69, 9.17) is 0 Å². The van der Waals surface area contributed by atoms with E-state index in [0.717, 1.165) is 32.6 Å². The molecule has 0 atom stereocenters. The highest BCUT2D eigenvalue weighted by atomic mass is 79.9. The van der Waals surface area contributed by atoms with E-state index < -0.39 is 0 Å². The van der Waals surface area contributed by atoms with Gasteiger partial charge in [-0.05, 0) is 60.4 Å². The summed E-state index contributed by atoms with van der Waals surface area (Å²) in [7, 11) is 3.63. The Morgan fingerprint density at radius 3 is 2.41 bits per heavy atom. The normalized spacial score (nSPS) is 22.0. The predicted octanol–water partition coefficient (Wildman–Crippen LogP) is 4.84. The lowest BCUT2D eigenvalue weighted by atomic mass is 9.79. The molecule has 1 aliphatic rings. The molecule has 122 valence electrons. The zero-order valence-corrected chi connectivity index (χ0v) is 15.9. The summed E-state index contributed by atoms with van der Waals surface area (Å²) in [5, 5.41) is 0. The zero-order valence-electron chi connectivity index (χ0n) is 14.3. The molecular weight excluding hydrogens is 342 g/mol. The number of hydrogen-bond donors (Lipinski definition) is 0. The van der Waals surface area contributed by atoms with Gasteiger partial charge < -0.3 is 4.90 Å². The molecule has 1 aliphatic carbocycles. The first-order valence-corrected chi connectivity index (χ1v) is 8.91. The van der Waals surface area contributed by atoms with Gasteiger partial charge in [0.05, 0.1) is 4.47 Å². The molecule has 0 spiro atoms. The van der Waals surface area contributed by atoms with E-state index in [-0.39, 0.29) is 0 Å². The maximum Gasteiger partial charge on any atom is 0.277 e. The van der Waals surface area contributed by atoms with Crippen molar-refractivity contribution in [3.05, 3.63) is 21.1 Å². The van der Waals surface area contributed by atoms with E-state index in [1.54, 1.807) is 0 Å². The Hall–Kier alpha value is -0.970. The second kappa shape index (κ2) is 7.07. The van der Waals surface area contributed by atoms with Gasteiger partial charge in [-0.2, -0.15) is 0 Å². The van der Waals surface area contributed by atoms with Crippen LogP contribution in [0.3, 0.4) is 0 Å². The number of halogens is 1. The van der Waals surface area contributed by atoms with Crippen LogP contribution in [0.5, 0.6) is 0 Å². The first kappa shape index (κ1) is 17.4. The lowest BCUT2D eigenvalue weighted by molar-refractivity contribution is -0.429. The predicted molar refractivity (Wildman–Crippen MR) is 94.9 cm³/mol. The summed E-state index contributed by atoms with van der Waals surface area (Å²) in [5.74, 6) is 2.58. The van der Waals surface area contributed by atoms with Crippen molar-refractivity contribution in [3.8, 4) is 0 Å². The summed E-state index contributed by atoms with van der Waals surface area (Å²) >= 11 is 3.58. The lowest BCUT2D eigenvalue weighted by Gasteiger charge is -2.37. The van der Waals surface area contributed by atoms with Gasteiger partial charge in [0.2, 0.25) is 0 Å². The third kappa shape index (κ3) is 3.67. The van der Waals surface area contributed by atoms with Crippen LogP contribution in [-0.2, 0) is 0 Å². The number of nitroso groups, excluding NO2 is 1. The highest BCUT2D eigenvalue weighted by Crippen LogP contribution is 2.36. The van der Waals surface area contributed by atoms with E-state index in [2.05, 4.69) is 46.7 Å². The molecule has 0 amide bonds. The Morgan fingerprint density at radius 2 is 1.91 bits per heavy atom. The molecule has 22 heavy (non-hydrogen) atoms. The minimum absolute atomic E-state index is 0.536. The Kier molecular flexibility index (Phi) is 5.59. The second-order valence-corrected chi connectivity index (χ2v) is 7.67. The molecule has 1 aromatic rings. The summed E-state index contributed by atoms with van der Waals surface area (Å²) in [6, 6.07) is 2.41. The van der Waals surface area contributed by atoms with E-state index in [1.165, 1.54) is 32.7 Å². The molecule has 1 saturated carbocycles. The Bertz CT molecular complexity index is 551. The van der Waals surface area contributed by atoms with E-state index in [9.17, 15) is 4.91 Å². The molecule has 0 aromatic carbocycles. The van der Waals surface area contributed by atoms with Crippen molar-refractivity contribution < 1.29 is 4.76 Å². The van der Waals surface area contributed by atoms with Gasteiger partial charge in [0.1, 0.15) is 11.5 Å². The van der Waals surface area contributed by atoms with Gasteiger partial charge in [0, 0.05) is 28.8 Å². The SMILES string of the molecule is Cc1nc(N(C)C2CCC(C(C)C)CC2)c(Br)cc1[N+](C)=O. The van der Waals surface area contributed by atoms with Gasteiger partial charge in [-0.3, -0.25) is 0 Å². The topological polar surface area (TPSA) is 36.2 Å². The molecule has 0 saturated heterocycles. The van der Waals surface area contributed by atoms with Crippen molar-refractivity contribution in [2.24, 2.45) is 11.8 Å². The Labute approximate surface area is 142 Å². The van der Waals surface area contributed by atoms with Crippen molar-refractivity contribution >= 4 is 27.4 Å². The van der Waals surface area contributed by atoms with E-state index in [1.807, 2.05) is 13.0 Å². The van der Waals surface area contributed by atoms with Gasteiger partial charge in [-0.15, -0.1) is 0 Å². The smallest absolute Gasteiger partial charge is 0.277 e. The van der Waals surface area contributed by atoms with E-state index in [0.29, 0.717) is 11.7 Å². The minimum Gasteiger partial charge on any atom is -0.356 e. The van der Waals surface area contributed by atoms with Crippen LogP contribution >= 0.6 is 15.9 Å². The van der Waals surface area contributed by atoms with Crippen molar-refractivity contribution in [1.29, 1.82) is 0 Å². The average Bonchev–Trinajstić information content (AvgIpc) is 2.48. The summed E-state index contributed by atoms with van der Waals surface area (Å²) in [6.07, 6.45) is 5.03. The number of hydrogen-bond acceptors (Lipinski definition) is 3. The molecule has 1 fully saturated rings. The number of aryl methyl sites for hydroxylation is 1. The molecule has 5 heteroatoms. The Balaban J connectivity index is 2.15. The molecular formula is C17H27BrN3O+. The fraction of sp³-hybridized carbons (Fsp3) is 0.706. The van der Waals surface area contributed by atoms with Crippen LogP contribution in [0, 0.1) is 23.7 Å². The molecule has 0 bridgehead atoms. The fourth-order valence-corrected chi connectivity index (χ4v) is 4.04. The van der Waals surface area contributed by atoms with Gasteiger partial charge in [0.25, 0.3) is 5.69 Å². The highest BCUT2D eigenvalue weighted by molar-refractivity contribution is 9.10. The van der Waals surface area contributed by atoms with Gasteiger partial charge in [-0.1, -0.05) is 13.8 Å². The van der Waals surface area contributed by atoms with Crippen LogP contribution < -0.4 is 4.90 Å². The molecule has 0 N–H and O–H groups in total. The van der Waals surface area contributed by atoms with Crippen LogP contribution in [0.15, 0.2) is 10.5 Å². The average molecular weight is 369 g/mol. The summed E-state index contributed by atoms with van der Waals surface area (Å²) in [4.78, 5) is 18.5. The molecule has 4 nitrogen and oxygen atoms in total. The maximum atomic E-state index is 11.5. The largest absolute Gasteiger partial charge is 0.356 e. The van der Waals surface area contributed by atoms with Crippen molar-refractivity contribution in [1.82, 2.24) is 4.98 Å². The molecule has 0 radical (unpaired) electrons. The van der Waals surface area contributed by atoms with E-state index >= 15 is 0 Å². The third-order valence-corrected chi connectivity index (χ3v) is 5.61. The highest BCUT2D eigenvalue weighted by Gasteiger charge is 2.28. The lowest BCUT2D eigenvalue weighted by Crippen LogP contribution is -2.36. The van der Waals surface area contributed by atoms with Crippen molar-refractivity contribution in [2.75, 3.05) is 19.0 Å². The van der Waals surface area contributed by atoms with Crippen LogP contribution in [0.25, 0.3) is 0 Å². The number of aromatic nitrogens is 1. The van der Waals surface area contributed by atoms with Crippen molar-refractivity contribution in [2.45, 2.75) is 52.5 Å². The summed E-state index contributed by atoms with van der Waals surface area (Å²) in [6.45, 7) is 6.55. The number of nitrogens with zero attached hydrogens (tertiary/aromatic N) is 3. The molecule has 0 unspecified atom stereocenters. The third-order valence-electron chi connectivity index (χ3n) is 5.03. The Morgan fingerprint density at radius 1 is 1.32 bits per heavy atom.